The van der Waals surface area contributed by atoms with Gasteiger partial charge in [-0.25, -0.2) is 4.79 Å². The van der Waals surface area contributed by atoms with Crippen molar-refractivity contribution < 1.29 is 59.1 Å². The number of hydrogen-bond acceptors (Lipinski definition) is 10. The molecular formula is C22H37N5O12. The van der Waals surface area contributed by atoms with Crippen LogP contribution in [0.15, 0.2) is 0 Å². The summed E-state index contributed by atoms with van der Waals surface area (Å²) < 4.78 is 0. The van der Waals surface area contributed by atoms with E-state index in [1.807, 2.05) is 5.32 Å². The number of carbonyl (C=O) groups excluding carboxylic acids is 4. The summed E-state index contributed by atoms with van der Waals surface area (Å²) in [4.78, 5) is 82.9. The Labute approximate surface area is 223 Å². The van der Waals surface area contributed by atoms with Crippen molar-refractivity contribution in [1.29, 1.82) is 0 Å². The van der Waals surface area contributed by atoms with Gasteiger partial charge in [0.15, 0.2) is 0 Å². The minimum atomic E-state index is -1.66. The quantitative estimate of drug-likeness (QED) is 0.0719. The Hall–Kier alpha value is -3.83. The normalized spacial score (nSPS) is 14.7. The number of carbonyl (C=O) groups is 7. The van der Waals surface area contributed by atoms with Crippen molar-refractivity contribution in [1.82, 2.24) is 21.3 Å². The van der Waals surface area contributed by atoms with Crippen LogP contribution >= 0.6 is 0 Å². The van der Waals surface area contributed by atoms with Crippen LogP contribution in [0.2, 0.25) is 0 Å². The van der Waals surface area contributed by atoms with Crippen molar-refractivity contribution in [2.75, 3.05) is 13.2 Å². The fourth-order valence-electron chi connectivity index (χ4n) is 3.12. The zero-order valence-corrected chi connectivity index (χ0v) is 21.6. The van der Waals surface area contributed by atoms with Crippen LogP contribution in [0.3, 0.4) is 0 Å². The molecule has 0 unspecified atom stereocenters. The van der Waals surface area contributed by atoms with Crippen LogP contribution in [-0.2, 0) is 33.6 Å². The molecule has 0 radical (unpaired) electrons. The maximum absolute atomic E-state index is 12.9. The molecule has 39 heavy (non-hydrogen) atoms. The highest BCUT2D eigenvalue weighted by atomic mass is 16.4. The van der Waals surface area contributed by atoms with Gasteiger partial charge in [0.25, 0.3) is 0 Å². The smallest absolute Gasteiger partial charge is 0.326 e. The average molecular weight is 564 g/mol. The van der Waals surface area contributed by atoms with Gasteiger partial charge in [-0.15, -0.1) is 0 Å². The topological polar surface area (TPSA) is 295 Å². The Bertz CT molecular complexity index is 897. The Kier molecular flexibility index (Phi) is 15.9. The zero-order chi connectivity index (χ0) is 30.3. The Morgan fingerprint density at radius 2 is 1.00 bits per heavy atom. The second-order valence-corrected chi connectivity index (χ2v) is 9.05. The Morgan fingerprint density at radius 3 is 1.41 bits per heavy atom. The van der Waals surface area contributed by atoms with Crippen molar-refractivity contribution >= 4 is 41.5 Å². The van der Waals surface area contributed by atoms with Crippen LogP contribution < -0.4 is 27.0 Å². The first-order valence-corrected chi connectivity index (χ1v) is 12.0. The van der Waals surface area contributed by atoms with E-state index in [0.29, 0.717) is 0 Å². The molecule has 5 atom stereocenters. The first kappa shape index (κ1) is 35.2. The summed E-state index contributed by atoms with van der Waals surface area (Å²) in [5.41, 5.74) is 5.59. The molecule has 0 aromatic heterocycles. The molecule has 11 N–H and O–H groups in total. The van der Waals surface area contributed by atoms with E-state index >= 15 is 0 Å². The number of carboxylic acid groups (broad SMARTS) is 3. The predicted octanol–water partition coefficient (Wildman–Crippen LogP) is -3.90. The molecule has 4 amide bonds. The lowest BCUT2D eigenvalue weighted by Gasteiger charge is -2.26. The van der Waals surface area contributed by atoms with Crippen molar-refractivity contribution in [3.8, 4) is 0 Å². The number of carboxylic acids is 3. The number of hydrogen-bond donors (Lipinski definition) is 10. The predicted molar refractivity (Wildman–Crippen MR) is 131 cm³/mol. The second-order valence-electron chi connectivity index (χ2n) is 9.05. The van der Waals surface area contributed by atoms with E-state index in [2.05, 4.69) is 16.0 Å². The lowest BCUT2D eigenvalue weighted by atomic mass is 10.0. The molecule has 222 valence electrons. The highest BCUT2D eigenvalue weighted by molar-refractivity contribution is 5.95. The summed E-state index contributed by atoms with van der Waals surface area (Å²) in [7, 11) is 0. The van der Waals surface area contributed by atoms with E-state index in [4.69, 9.17) is 15.9 Å². The molecule has 0 spiro atoms. The van der Waals surface area contributed by atoms with Crippen LogP contribution in [0.5, 0.6) is 0 Å². The molecular weight excluding hydrogens is 526 g/mol. The van der Waals surface area contributed by atoms with Crippen molar-refractivity contribution in [3.05, 3.63) is 0 Å². The molecule has 0 aliphatic heterocycles. The van der Waals surface area contributed by atoms with E-state index in [1.165, 1.54) is 0 Å². The highest BCUT2D eigenvalue weighted by Crippen LogP contribution is 2.07. The molecule has 17 heteroatoms. The van der Waals surface area contributed by atoms with E-state index in [0.717, 1.165) is 0 Å². The number of aliphatic hydroxyl groups is 2. The molecule has 0 saturated carbocycles. The van der Waals surface area contributed by atoms with Gasteiger partial charge in [0.05, 0.1) is 19.3 Å². The number of amides is 4. The SMILES string of the molecule is CC(C)C[C@H](NC(=O)[C@H](CO)NC(=O)[C@@H](N)CCC(=O)O)C(=O)N[C@@H](CO)C(=O)N[C@@H](CCC(=O)O)C(=O)O. The number of nitrogens with one attached hydrogen (secondary N) is 4. The molecule has 0 saturated heterocycles. The summed E-state index contributed by atoms with van der Waals surface area (Å²) in [5, 5.41) is 54.4. The van der Waals surface area contributed by atoms with Crippen LogP contribution in [0.25, 0.3) is 0 Å². The van der Waals surface area contributed by atoms with Crippen molar-refractivity contribution in [2.24, 2.45) is 11.7 Å². The molecule has 0 aromatic carbocycles. The minimum absolute atomic E-state index is 0.0118. The summed E-state index contributed by atoms with van der Waals surface area (Å²) in [6.45, 7) is 1.55. The van der Waals surface area contributed by atoms with Crippen LogP contribution in [0, 0.1) is 5.92 Å². The molecule has 0 bridgehead atoms. The number of rotatable bonds is 19. The highest BCUT2D eigenvalue weighted by Gasteiger charge is 2.32. The molecule has 0 rings (SSSR count). The first-order valence-electron chi connectivity index (χ1n) is 12.0. The molecule has 0 heterocycles. The van der Waals surface area contributed by atoms with Crippen molar-refractivity contribution in [3.63, 3.8) is 0 Å². The van der Waals surface area contributed by atoms with Gasteiger partial charge >= 0.3 is 17.9 Å². The standard InChI is InChI=1S/C22H37N5O12/c1-10(2)7-13(25-21(37)14(8-28)26-18(34)11(23)3-5-16(30)31)19(35)27-15(9-29)20(36)24-12(22(38)39)4-6-17(32)33/h10-15,28-29H,3-9,23H2,1-2H3,(H,24,36)(H,25,37)(H,26,34)(H,27,35)(H,30,31)(H,32,33)(H,38,39)/t11-,12-,13-,14-,15-/m0/s1. The Balaban J connectivity index is 5.42. The first-order chi connectivity index (χ1) is 18.1. The van der Waals surface area contributed by atoms with E-state index in [-0.39, 0.29) is 18.8 Å². The van der Waals surface area contributed by atoms with Gasteiger partial charge in [-0.05, 0) is 25.2 Å². The van der Waals surface area contributed by atoms with E-state index in [1.54, 1.807) is 13.8 Å². The van der Waals surface area contributed by atoms with Gasteiger partial charge in [-0.3, -0.25) is 28.8 Å². The maximum atomic E-state index is 12.9. The lowest BCUT2D eigenvalue weighted by Crippen LogP contribution is -2.60. The third kappa shape index (κ3) is 14.0. The van der Waals surface area contributed by atoms with Crippen LogP contribution in [-0.4, -0.2) is 110 Å². The molecule has 0 aliphatic rings. The van der Waals surface area contributed by atoms with Gasteiger partial charge in [-0.2, -0.15) is 0 Å². The number of aliphatic hydroxyl groups excluding tert-OH is 2. The van der Waals surface area contributed by atoms with Gasteiger partial charge in [0.2, 0.25) is 23.6 Å². The fourth-order valence-corrected chi connectivity index (χ4v) is 3.12. The van der Waals surface area contributed by atoms with E-state index < -0.39 is 104 Å². The molecule has 0 aromatic rings. The monoisotopic (exact) mass is 563 g/mol. The average Bonchev–Trinajstić information content (AvgIpc) is 2.84. The summed E-state index contributed by atoms with van der Waals surface area (Å²) >= 11 is 0. The van der Waals surface area contributed by atoms with Crippen LogP contribution in [0.4, 0.5) is 0 Å². The second kappa shape index (κ2) is 17.6. The lowest BCUT2D eigenvalue weighted by molar-refractivity contribution is -0.144. The Morgan fingerprint density at radius 1 is 0.615 bits per heavy atom. The summed E-state index contributed by atoms with van der Waals surface area (Å²) in [5.74, 6) is -8.19. The zero-order valence-electron chi connectivity index (χ0n) is 21.6. The third-order valence-electron chi connectivity index (χ3n) is 5.24. The van der Waals surface area contributed by atoms with Crippen molar-refractivity contribution in [2.45, 2.75) is 76.2 Å². The largest absolute Gasteiger partial charge is 0.481 e. The summed E-state index contributed by atoms with van der Waals surface area (Å²) in [6.07, 6.45) is -1.65. The molecule has 0 fully saturated rings. The minimum Gasteiger partial charge on any atom is -0.481 e. The fraction of sp³-hybridized carbons (Fsp3) is 0.682. The summed E-state index contributed by atoms with van der Waals surface area (Å²) in [6, 6.07) is -7.43. The van der Waals surface area contributed by atoms with E-state index in [9.17, 15) is 48.9 Å². The van der Waals surface area contributed by atoms with Gasteiger partial charge in [0.1, 0.15) is 24.2 Å². The third-order valence-corrected chi connectivity index (χ3v) is 5.24. The van der Waals surface area contributed by atoms with Crippen LogP contribution in [0.1, 0.15) is 46.0 Å². The maximum Gasteiger partial charge on any atom is 0.326 e. The number of nitrogens with two attached hydrogens (primary N) is 1. The molecule has 0 aliphatic carbocycles. The molecule has 17 nitrogen and oxygen atoms in total. The number of aliphatic carboxylic acids is 3. The van der Waals surface area contributed by atoms with Gasteiger partial charge < -0.3 is 52.5 Å². The van der Waals surface area contributed by atoms with Gasteiger partial charge in [-0.1, -0.05) is 13.8 Å². The van der Waals surface area contributed by atoms with Gasteiger partial charge in [0, 0.05) is 12.8 Å².